The van der Waals surface area contributed by atoms with E-state index in [1.165, 1.54) is 28.2 Å². The van der Waals surface area contributed by atoms with Gasteiger partial charge in [-0.25, -0.2) is 13.4 Å². The van der Waals surface area contributed by atoms with Crippen molar-refractivity contribution in [3.8, 4) is 11.1 Å². The van der Waals surface area contributed by atoms with Gasteiger partial charge in [-0.3, -0.25) is 0 Å². The van der Waals surface area contributed by atoms with E-state index < -0.39 is 9.84 Å². The maximum absolute atomic E-state index is 11.9. The summed E-state index contributed by atoms with van der Waals surface area (Å²) in [7, 11) is -3.25. The van der Waals surface area contributed by atoms with Crippen LogP contribution in [0.15, 0.2) is 101 Å². The number of sulfone groups is 1. The van der Waals surface area contributed by atoms with E-state index in [0.717, 1.165) is 27.3 Å². The fraction of sp³-hybridized carbons (Fsp3) is 0.129. The van der Waals surface area contributed by atoms with Crippen molar-refractivity contribution in [2.75, 3.05) is 6.26 Å². The molecule has 180 valence electrons. The second kappa shape index (κ2) is 9.84. The lowest BCUT2D eigenvalue weighted by atomic mass is 9.91. The van der Waals surface area contributed by atoms with Crippen LogP contribution in [0.5, 0.6) is 0 Å². The Bertz CT molecular complexity index is 1660. The van der Waals surface area contributed by atoms with Gasteiger partial charge in [-0.15, -0.1) is 11.3 Å². The monoisotopic (exact) mass is 509 g/mol. The van der Waals surface area contributed by atoms with Crippen molar-refractivity contribution in [1.82, 2.24) is 4.98 Å². The van der Waals surface area contributed by atoms with E-state index in [2.05, 4.69) is 85.6 Å². The molecule has 0 aliphatic heterocycles. The smallest absolute Gasteiger partial charge is 0.175 e. The fourth-order valence-corrected chi connectivity index (χ4v) is 5.68. The van der Waals surface area contributed by atoms with Gasteiger partial charge in [-0.1, -0.05) is 80.6 Å². The molecule has 5 aromatic rings. The van der Waals surface area contributed by atoms with Gasteiger partial charge in [-0.2, -0.15) is 0 Å². The number of rotatable bonds is 6. The van der Waals surface area contributed by atoms with Gasteiger partial charge < -0.3 is 0 Å². The molecular weight excluding hydrogens is 482 g/mol. The van der Waals surface area contributed by atoms with Gasteiger partial charge in [0.25, 0.3) is 0 Å². The Morgan fingerprint density at radius 3 is 2.39 bits per heavy atom. The van der Waals surface area contributed by atoms with Crippen LogP contribution < -0.4 is 0 Å². The summed E-state index contributed by atoms with van der Waals surface area (Å²) in [6.07, 6.45) is 5.15. The minimum Gasteiger partial charge on any atom is -0.245 e. The largest absolute Gasteiger partial charge is 0.245 e. The number of hydrogen-bond donors (Lipinski definition) is 0. The lowest BCUT2D eigenvalue weighted by molar-refractivity contribution is 0.602. The average Bonchev–Trinajstić information content (AvgIpc) is 3.41. The van der Waals surface area contributed by atoms with Gasteiger partial charge >= 0.3 is 0 Å². The van der Waals surface area contributed by atoms with E-state index in [1.807, 2.05) is 17.5 Å². The van der Waals surface area contributed by atoms with Crippen molar-refractivity contribution >= 4 is 43.6 Å². The maximum Gasteiger partial charge on any atom is 0.175 e. The summed E-state index contributed by atoms with van der Waals surface area (Å²) in [6.45, 7) is 4.45. The summed E-state index contributed by atoms with van der Waals surface area (Å²) in [5.41, 5.74) is 6.65. The van der Waals surface area contributed by atoms with Crippen molar-refractivity contribution in [2.24, 2.45) is 0 Å². The van der Waals surface area contributed by atoms with E-state index in [0.29, 0.717) is 10.8 Å². The molecule has 1 heterocycles. The van der Waals surface area contributed by atoms with Crippen LogP contribution >= 0.6 is 11.3 Å². The van der Waals surface area contributed by atoms with Crippen molar-refractivity contribution in [2.45, 2.75) is 24.7 Å². The zero-order valence-corrected chi connectivity index (χ0v) is 22.1. The van der Waals surface area contributed by atoms with Crippen LogP contribution in [0.3, 0.4) is 0 Å². The molecule has 5 heteroatoms. The molecule has 5 rings (SSSR count). The second-order valence-corrected chi connectivity index (χ2v) is 12.2. The fourth-order valence-electron chi connectivity index (χ4n) is 4.38. The Balaban J connectivity index is 1.63. The van der Waals surface area contributed by atoms with Crippen LogP contribution in [0, 0.1) is 0 Å². The van der Waals surface area contributed by atoms with Gasteiger partial charge in [-0.05, 0) is 68.8 Å². The predicted octanol–water partition coefficient (Wildman–Crippen LogP) is 8.08. The Morgan fingerprint density at radius 2 is 1.69 bits per heavy atom. The van der Waals surface area contributed by atoms with Crippen molar-refractivity contribution in [1.29, 1.82) is 0 Å². The third-order valence-corrected chi connectivity index (χ3v) is 8.25. The average molecular weight is 510 g/mol. The Hall–Kier alpha value is -3.54. The lowest BCUT2D eigenvalue weighted by Gasteiger charge is -2.14. The second-order valence-electron chi connectivity index (χ2n) is 9.26. The molecule has 3 nitrogen and oxygen atoms in total. The molecule has 0 amide bonds. The number of fused-ring (bicyclic) bond motifs is 1. The number of nitrogens with zero attached hydrogens (tertiary/aromatic N) is 1. The molecule has 0 atom stereocenters. The molecule has 1 aromatic heterocycles. The molecule has 4 aromatic carbocycles. The highest BCUT2D eigenvalue weighted by Crippen LogP contribution is 2.34. The summed E-state index contributed by atoms with van der Waals surface area (Å²) < 4.78 is 23.9. The van der Waals surface area contributed by atoms with Gasteiger partial charge in [0.15, 0.2) is 9.84 Å². The summed E-state index contributed by atoms with van der Waals surface area (Å²) in [5, 5.41) is 5.32. The van der Waals surface area contributed by atoms with Gasteiger partial charge in [0.2, 0.25) is 0 Å². The highest BCUT2D eigenvalue weighted by atomic mass is 32.2. The zero-order chi connectivity index (χ0) is 25.3. The standard InChI is InChI=1S/C31H27NO2S2/c1-21(2)26-19-25-8-4-5-10-28(25)29(20-26)24-9-6-7-22(17-24)18-30(31-32-15-16-35-31)23-11-13-27(14-12-23)36(3,33)34/h4-21H,1-3H3. The first kappa shape index (κ1) is 24.2. The van der Waals surface area contributed by atoms with Crippen molar-refractivity contribution in [3.05, 3.63) is 118 Å². The first-order valence-electron chi connectivity index (χ1n) is 11.8. The first-order valence-corrected chi connectivity index (χ1v) is 14.6. The minimum atomic E-state index is -3.25. The van der Waals surface area contributed by atoms with Crippen LogP contribution in [0.2, 0.25) is 0 Å². The SMILES string of the molecule is CC(C)c1cc(-c2cccc(C=C(c3ccc(S(C)(=O)=O)cc3)c3nccs3)c2)c2ccccc2c1. The van der Waals surface area contributed by atoms with E-state index in [-0.39, 0.29) is 0 Å². The predicted molar refractivity (Wildman–Crippen MR) is 152 cm³/mol. The minimum absolute atomic E-state index is 0.309. The highest BCUT2D eigenvalue weighted by Gasteiger charge is 2.13. The van der Waals surface area contributed by atoms with E-state index in [9.17, 15) is 8.42 Å². The molecule has 0 radical (unpaired) electrons. The first-order chi connectivity index (χ1) is 17.3. The molecule has 0 saturated carbocycles. The molecular formula is C31H27NO2S2. The number of hydrogen-bond acceptors (Lipinski definition) is 4. The van der Waals surface area contributed by atoms with Crippen molar-refractivity contribution in [3.63, 3.8) is 0 Å². The van der Waals surface area contributed by atoms with Crippen LogP contribution in [0.1, 0.15) is 41.5 Å². The van der Waals surface area contributed by atoms with E-state index in [4.69, 9.17) is 0 Å². The summed E-state index contributed by atoms with van der Waals surface area (Å²) in [6, 6.07) is 28.7. The summed E-state index contributed by atoms with van der Waals surface area (Å²) in [5.74, 6) is 0.433. The van der Waals surface area contributed by atoms with Crippen LogP contribution in [-0.4, -0.2) is 19.7 Å². The molecule has 0 unspecified atom stereocenters. The van der Waals surface area contributed by atoms with Crippen molar-refractivity contribution < 1.29 is 8.42 Å². The van der Waals surface area contributed by atoms with Gasteiger partial charge in [0.1, 0.15) is 5.01 Å². The van der Waals surface area contributed by atoms with E-state index >= 15 is 0 Å². The summed E-state index contributed by atoms with van der Waals surface area (Å²) in [4.78, 5) is 4.85. The highest BCUT2D eigenvalue weighted by molar-refractivity contribution is 7.90. The molecule has 36 heavy (non-hydrogen) atoms. The van der Waals surface area contributed by atoms with Gasteiger partial charge in [0.05, 0.1) is 4.90 Å². The Labute approximate surface area is 216 Å². The number of thiazole rings is 1. The molecule has 0 saturated heterocycles. The third kappa shape index (κ3) is 5.03. The molecule has 0 aliphatic rings. The maximum atomic E-state index is 11.9. The zero-order valence-electron chi connectivity index (χ0n) is 20.5. The van der Waals surface area contributed by atoms with Gasteiger partial charge in [0, 0.05) is 23.4 Å². The number of aromatic nitrogens is 1. The quantitative estimate of drug-likeness (QED) is 0.217. The normalized spacial score (nSPS) is 12.4. The topological polar surface area (TPSA) is 47.0 Å². The van der Waals surface area contributed by atoms with Crippen LogP contribution in [0.4, 0.5) is 0 Å². The molecule has 0 N–H and O–H groups in total. The Kier molecular flexibility index (Phi) is 6.61. The Morgan fingerprint density at radius 1 is 0.917 bits per heavy atom. The summed E-state index contributed by atoms with van der Waals surface area (Å²) >= 11 is 1.56. The molecule has 0 spiro atoms. The lowest BCUT2D eigenvalue weighted by Crippen LogP contribution is -1.97. The molecule has 0 bridgehead atoms. The molecule has 0 fully saturated rings. The third-order valence-electron chi connectivity index (χ3n) is 6.32. The molecule has 0 aliphatic carbocycles. The van der Waals surface area contributed by atoms with Crippen LogP contribution in [-0.2, 0) is 9.84 Å². The van der Waals surface area contributed by atoms with Crippen LogP contribution in [0.25, 0.3) is 33.5 Å². The number of benzene rings is 4. The van der Waals surface area contributed by atoms with E-state index in [1.54, 1.807) is 29.7 Å².